The Kier molecular flexibility index (Phi) is 6.05. The highest BCUT2D eigenvalue weighted by Gasteiger charge is 2.51. The number of hydrogen-bond acceptors (Lipinski definition) is 2. The molecule has 0 spiro atoms. The third-order valence-corrected chi connectivity index (χ3v) is 6.85. The number of alkyl halides is 3. The van der Waals surface area contributed by atoms with Crippen molar-refractivity contribution in [3.63, 3.8) is 0 Å². The summed E-state index contributed by atoms with van der Waals surface area (Å²) >= 11 is 0. The Bertz CT molecular complexity index is 941. The van der Waals surface area contributed by atoms with Crippen LogP contribution in [-0.4, -0.2) is 34.2 Å². The third kappa shape index (κ3) is 4.53. The molecule has 1 amide bonds. The van der Waals surface area contributed by atoms with E-state index in [0.29, 0.717) is 18.4 Å². The van der Waals surface area contributed by atoms with Crippen LogP contribution < -0.4 is 0 Å². The molecule has 2 aliphatic rings. The Balaban J connectivity index is 1.45. The van der Waals surface area contributed by atoms with Gasteiger partial charge in [-0.25, -0.2) is 4.39 Å². The zero-order chi connectivity index (χ0) is 23.1. The molecule has 2 aromatic carbocycles. The molecule has 0 aliphatic heterocycles. The maximum atomic E-state index is 13.3. The average Bonchev–Trinajstić information content (AvgIpc) is 3.59. The summed E-state index contributed by atoms with van der Waals surface area (Å²) in [7, 11) is 0. The number of hydrogen-bond donors (Lipinski definition) is 1. The number of carbonyl (C=O) groups excluding carboxylic acids is 1. The van der Waals surface area contributed by atoms with E-state index in [1.165, 1.54) is 36.4 Å². The number of aliphatic hydroxyl groups is 1. The van der Waals surface area contributed by atoms with Gasteiger partial charge in [-0.05, 0) is 86.8 Å². The van der Waals surface area contributed by atoms with Crippen LogP contribution in [0.1, 0.15) is 72.9 Å². The van der Waals surface area contributed by atoms with Crippen molar-refractivity contribution in [3.05, 3.63) is 71.0 Å². The van der Waals surface area contributed by atoms with Crippen molar-refractivity contribution in [1.29, 1.82) is 0 Å². The predicted molar refractivity (Wildman–Crippen MR) is 113 cm³/mol. The molecule has 4 rings (SSSR count). The molecule has 1 N–H and O–H groups in total. The van der Waals surface area contributed by atoms with Crippen LogP contribution in [0, 0.1) is 5.82 Å². The van der Waals surface area contributed by atoms with Crippen LogP contribution in [0.4, 0.5) is 17.6 Å². The Labute approximate surface area is 185 Å². The molecular formula is C25H27F4NO2. The van der Waals surface area contributed by atoms with Gasteiger partial charge in [0.05, 0.1) is 0 Å². The van der Waals surface area contributed by atoms with Gasteiger partial charge in [0.25, 0.3) is 5.91 Å². The zero-order valence-electron chi connectivity index (χ0n) is 17.9. The topological polar surface area (TPSA) is 40.5 Å². The van der Waals surface area contributed by atoms with Crippen LogP contribution in [0.2, 0.25) is 0 Å². The van der Waals surface area contributed by atoms with Gasteiger partial charge in [0.1, 0.15) is 5.82 Å². The summed E-state index contributed by atoms with van der Waals surface area (Å²) in [5.74, 6) is -0.0847. The van der Waals surface area contributed by atoms with Crippen molar-refractivity contribution >= 4 is 5.91 Å². The molecule has 0 unspecified atom stereocenters. The van der Waals surface area contributed by atoms with E-state index in [0.717, 1.165) is 44.1 Å². The summed E-state index contributed by atoms with van der Waals surface area (Å²) < 4.78 is 52.5. The van der Waals surface area contributed by atoms with Crippen LogP contribution in [0.3, 0.4) is 0 Å². The lowest BCUT2D eigenvalue weighted by molar-refractivity contribution is -0.258. The van der Waals surface area contributed by atoms with Crippen molar-refractivity contribution in [3.8, 4) is 0 Å². The normalized spacial score (nSPS) is 23.4. The molecule has 2 saturated carbocycles. The van der Waals surface area contributed by atoms with E-state index >= 15 is 0 Å². The molecule has 3 nitrogen and oxygen atoms in total. The van der Waals surface area contributed by atoms with E-state index in [2.05, 4.69) is 0 Å². The van der Waals surface area contributed by atoms with Gasteiger partial charge in [-0.15, -0.1) is 0 Å². The largest absolute Gasteiger partial charge is 0.421 e. The minimum absolute atomic E-state index is 0.0876. The number of rotatable bonds is 5. The molecular weight excluding hydrogens is 422 g/mol. The maximum absolute atomic E-state index is 13.3. The summed E-state index contributed by atoms with van der Waals surface area (Å²) in [4.78, 5) is 15.2. The van der Waals surface area contributed by atoms with Crippen molar-refractivity contribution in [2.45, 2.75) is 75.2 Å². The highest BCUT2D eigenvalue weighted by molar-refractivity contribution is 5.95. The summed E-state index contributed by atoms with van der Waals surface area (Å²) in [5.41, 5.74) is -1.82. The predicted octanol–water partition coefficient (Wildman–Crippen LogP) is 5.93. The monoisotopic (exact) mass is 449 g/mol. The van der Waals surface area contributed by atoms with Gasteiger partial charge >= 0.3 is 6.18 Å². The Hall–Kier alpha value is -2.41. The van der Waals surface area contributed by atoms with Crippen molar-refractivity contribution in [1.82, 2.24) is 4.90 Å². The van der Waals surface area contributed by atoms with Crippen LogP contribution in [-0.2, 0) is 5.60 Å². The second-order valence-corrected chi connectivity index (χ2v) is 9.15. The minimum atomic E-state index is -4.80. The first-order valence-electron chi connectivity index (χ1n) is 11.1. The average molecular weight is 449 g/mol. The fourth-order valence-corrected chi connectivity index (χ4v) is 4.65. The minimum Gasteiger partial charge on any atom is -0.376 e. The highest BCUT2D eigenvalue weighted by atomic mass is 19.4. The molecule has 2 aromatic rings. The molecule has 1 atom stereocenters. The number of amides is 1. The molecule has 7 heteroatoms. The number of nitrogens with zero attached hydrogens (tertiary/aromatic N) is 1. The Morgan fingerprint density at radius 1 is 0.875 bits per heavy atom. The quantitative estimate of drug-likeness (QED) is 0.575. The van der Waals surface area contributed by atoms with E-state index in [9.17, 15) is 27.5 Å². The van der Waals surface area contributed by atoms with Crippen LogP contribution in [0.25, 0.3) is 0 Å². The van der Waals surface area contributed by atoms with Crippen LogP contribution >= 0.6 is 0 Å². The van der Waals surface area contributed by atoms with Gasteiger partial charge in [-0.2, -0.15) is 13.2 Å². The van der Waals surface area contributed by atoms with E-state index < -0.39 is 11.8 Å². The third-order valence-electron chi connectivity index (χ3n) is 6.85. The molecule has 0 saturated heterocycles. The zero-order valence-corrected chi connectivity index (χ0v) is 17.9. The molecule has 2 aliphatic carbocycles. The molecule has 0 bridgehead atoms. The lowest BCUT2D eigenvalue weighted by atomic mass is 9.81. The number of halogens is 4. The first kappa shape index (κ1) is 22.8. The molecule has 0 aromatic heterocycles. The molecule has 0 heterocycles. The van der Waals surface area contributed by atoms with Gasteiger partial charge in [0.2, 0.25) is 0 Å². The highest BCUT2D eigenvalue weighted by Crippen LogP contribution is 2.41. The summed E-state index contributed by atoms with van der Waals surface area (Å²) in [6, 6.07) is 12.0. The first-order valence-corrected chi connectivity index (χ1v) is 11.1. The van der Waals surface area contributed by atoms with E-state index in [-0.39, 0.29) is 29.4 Å². The second-order valence-electron chi connectivity index (χ2n) is 9.15. The first-order chi connectivity index (χ1) is 15.1. The van der Waals surface area contributed by atoms with Crippen LogP contribution in [0.5, 0.6) is 0 Å². The summed E-state index contributed by atoms with van der Waals surface area (Å²) in [6.07, 6.45) is 0.549. The fraction of sp³-hybridized carbons (Fsp3) is 0.480. The van der Waals surface area contributed by atoms with Gasteiger partial charge in [0, 0.05) is 17.6 Å². The van der Waals surface area contributed by atoms with Crippen LogP contribution in [0.15, 0.2) is 48.5 Å². The molecule has 0 radical (unpaired) electrons. The van der Waals surface area contributed by atoms with E-state index in [1.54, 1.807) is 0 Å². The lowest BCUT2D eigenvalue weighted by Crippen LogP contribution is -2.43. The van der Waals surface area contributed by atoms with Crippen molar-refractivity contribution in [2.75, 3.05) is 0 Å². The standard InChI is InChI=1S/C25H27F4NO2/c1-24(32,25(27,28)29)19-8-2-18(3-9-19)23(31)30(22-14-15-22)21-12-6-17(7-13-21)16-4-10-20(26)11-5-16/h2-5,8-11,17,21-22,32H,6-7,12-15H2,1H3/t17-,21-,24-/m0/s1. The van der Waals surface area contributed by atoms with Gasteiger partial charge < -0.3 is 10.0 Å². The summed E-state index contributed by atoms with van der Waals surface area (Å²) in [6.45, 7) is 0.708. The lowest BCUT2D eigenvalue weighted by Gasteiger charge is -2.37. The van der Waals surface area contributed by atoms with E-state index in [4.69, 9.17) is 0 Å². The van der Waals surface area contributed by atoms with Gasteiger partial charge in [-0.3, -0.25) is 4.79 Å². The van der Waals surface area contributed by atoms with Gasteiger partial charge in [0.15, 0.2) is 5.60 Å². The number of benzene rings is 2. The second kappa shape index (κ2) is 8.50. The van der Waals surface area contributed by atoms with Gasteiger partial charge in [-0.1, -0.05) is 24.3 Å². The Morgan fingerprint density at radius 3 is 1.84 bits per heavy atom. The molecule has 32 heavy (non-hydrogen) atoms. The summed E-state index contributed by atoms with van der Waals surface area (Å²) in [5, 5.41) is 9.86. The Morgan fingerprint density at radius 2 is 1.38 bits per heavy atom. The molecule has 172 valence electrons. The van der Waals surface area contributed by atoms with E-state index in [1.807, 2.05) is 17.0 Å². The number of carbonyl (C=O) groups is 1. The fourth-order valence-electron chi connectivity index (χ4n) is 4.65. The van der Waals surface area contributed by atoms with Crippen molar-refractivity contribution < 1.29 is 27.5 Å². The smallest absolute Gasteiger partial charge is 0.376 e. The molecule has 2 fully saturated rings. The maximum Gasteiger partial charge on any atom is 0.421 e. The van der Waals surface area contributed by atoms with Crippen molar-refractivity contribution in [2.24, 2.45) is 0 Å². The SMILES string of the molecule is C[C@](O)(c1ccc(C(=O)N(C2CC2)[C@H]2CC[C@H](c3ccc(F)cc3)CC2)cc1)C(F)(F)F.